The molecule has 0 aliphatic rings. The van der Waals surface area contributed by atoms with Crippen molar-refractivity contribution in [3.8, 4) is 0 Å². The predicted octanol–water partition coefficient (Wildman–Crippen LogP) is 11.6. The minimum Gasteiger partial charge on any atom is -0.388 e. The van der Waals surface area contributed by atoms with E-state index in [4.69, 9.17) is 5.11 Å². The quantitative estimate of drug-likeness (QED) is 0.0678. The smallest absolute Gasteiger partial charge is 0.388 e. The number of rotatable bonds is 9. The van der Waals surface area contributed by atoms with Crippen LogP contribution in [0, 0.1) is 0 Å². The lowest BCUT2D eigenvalue weighted by atomic mass is 9.12. The van der Waals surface area contributed by atoms with Crippen molar-refractivity contribution >= 4 is 39.6 Å². The summed E-state index contributed by atoms with van der Waals surface area (Å²) in [4.78, 5) is 27.1. The number of hydrogen-bond donors (Lipinski definition) is 1. The maximum Gasteiger partial charge on any atom is 0.416 e. The van der Waals surface area contributed by atoms with Crippen LogP contribution in [0.4, 0.5) is 105 Å². The Morgan fingerprint density at radius 2 is 0.671 bits per heavy atom. The van der Waals surface area contributed by atoms with Gasteiger partial charge >= 0.3 is 49.4 Å². The van der Waals surface area contributed by atoms with Gasteiger partial charge in [0.2, 0.25) is 18.1 Å². The van der Waals surface area contributed by atoms with Crippen LogP contribution in [0.2, 0.25) is 0 Å². The number of carbonyl (C=O) groups is 2. The predicted molar refractivity (Wildman–Crippen MR) is 217 cm³/mol. The summed E-state index contributed by atoms with van der Waals surface area (Å²) in [6, 6.07) is 0.105. The molecule has 408 valence electrons. The van der Waals surface area contributed by atoms with Gasteiger partial charge < -0.3 is 5.11 Å². The van der Waals surface area contributed by atoms with E-state index in [-0.39, 0.29) is 18.0 Å². The van der Waals surface area contributed by atoms with Gasteiger partial charge in [-0.15, -0.1) is 0 Å². The normalized spacial score (nSPS) is 13.3. The molecular formula is C46H25BF24N2O3. The van der Waals surface area contributed by atoms with Crippen LogP contribution in [0.5, 0.6) is 0 Å². The molecule has 0 saturated heterocycles. The zero-order valence-electron chi connectivity index (χ0n) is 36.8. The highest BCUT2D eigenvalue weighted by Crippen LogP contribution is 2.41. The van der Waals surface area contributed by atoms with Gasteiger partial charge in [0.25, 0.3) is 0 Å². The second kappa shape index (κ2) is 20.8. The first-order valence-corrected chi connectivity index (χ1v) is 20.4. The summed E-state index contributed by atoms with van der Waals surface area (Å²) in [6.45, 7) is -0.470. The summed E-state index contributed by atoms with van der Waals surface area (Å²) in [7, 11) is 0. The summed E-state index contributed by atoms with van der Waals surface area (Å²) in [5.41, 5.74) is -29.4. The van der Waals surface area contributed by atoms with E-state index in [1.165, 1.54) is 12.4 Å². The Morgan fingerprint density at radius 1 is 0.408 bits per heavy atom. The third kappa shape index (κ3) is 13.8. The van der Waals surface area contributed by atoms with Gasteiger partial charge in [0.05, 0.1) is 50.7 Å². The maximum absolute atomic E-state index is 14.2. The molecule has 5 aromatic carbocycles. The van der Waals surface area contributed by atoms with E-state index >= 15 is 0 Å². The molecule has 6 rings (SSSR count). The Labute approximate surface area is 408 Å². The number of Topliss-reactive ketones (excluding diaryl/α,β-unsaturated/α-hetero) is 2. The second-order valence-electron chi connectivity index (χ2n) is 16.2. The minimum absolute atomic E-state index is 0.0563. The molecule has 0 radical (unpaired) electrons. The lowest BCUT2D eigenvalue weighted by Crippen LogP contribution is -2.75. The molecule has 0 amide bonds. The Bertz CT molecular complexity index is 2660. The molecule has 0 spiro atoms. The fraction of sp³-hybridized carbons (Fsp3) is 0.217. The molecule has 6 aromatic rings. The number of ketones is 2. The van der Waals surface area contributed by atoms with Gasteiger partial charge in [0.1, 0.15) is 12.8 Å². The molecule has 1 heterocycles. The van der Waals surface area contributed by atoms with Gasteiger partial charge in [0.15, 0.2) is 18.1 Å². The second-order valence-corrected chi connectivity index (χ2v) is 16.2. The van der Waals surface area contributed by atoms with E-state index in [0.717, 1.165) is 0 Å². The van der Waals surface area contributed by atoms with Gasteiger partial charge in [-0.25, -0.2) is 4.98 Å². The molecule has 0 aliphatic heterocycles. The molecule has 0 unspecified atom stereocenters. The summed E-state index contributed by atoms with van der Waals surface area (Å²) >= 11 is 0. The Balaban J connectivity index is 0.000000468. The van der Waals surface area contributed by atoms with E-state index in [1.807, 2.05) is 6.07 Å². The number of aromatic nitrogens is 2. The highest BCUT2D eigenvalue weighted by atomic mass is 19.4. The van der Waals surface area contributed by atoms with Gasteiger partial charge in [-0.2, -0.15) is 132 Å². The highest BCUT2D eigenvalue weighted by Gasteiger charge is 2.47. The SMILES string of the molecule is FC(F)(F)c1cc([B-](c2cc(C(F)(F)F)cc(C(F)(F)F)c2)(c2cc(C(F)(F)F)cc(C(F)(F)F)c2)c2cc(C(F)(F)F)cc(C(F)(F)F)c2)cc(C(F)(F)F)c1.O=C(C[n+]1ccnc(C(=O)CO)c1)c1ccccc1. The maximum atomic E-state index is 14.2. The number of aliphatic hydroxyl groups is 1. The van der Waals surface area contributed by atoms with Crippen LogP contribution in [0.15, 0.2) is 122 Å². The van der Waals surface area contributed by atoms with Crippen molar-refractivity contribution in [2.45, 2.75) is 56.0 Å². The average molecular weight is 1120 g/mol. The van der Waals surface area contributed by atoms with E-state index in [0.29, 0.717) is 5.56 Å². The molecule has 76 heavy (non-hydrogen) atoms. The number of halogens is 24. The molecule has 5 nitrogen and oxygen atoms in total. The lowest BCUT2D eigenvalue weighted by molar-refractivity contribution is -0.683. The van der Waals surface area contributed by atoms with E-state index in [2.05, 4.69) is 4.98 Å². The van der Waals surface area contributed by atoms with Crippen molar-refractivity contribution in [3.63, 3.8) is 0 Å². The summed E-state index contributed by atoms with van der Waals surface area (Å²) in [6.07, 6.45) is -50.3. The third-order valence-electron chi connectivity index (χ3n) is 11.1. The van der Waals surface area contributed by atoms with E-state index in [1.54, 1.807) is 35.0 Å². The largest absolute Gasteiger partial charge is 0.416 e. The van der Waals surface area contributed by atoms with Crippen molar-refractivity contribution in [1.82, 2.24) is 4.98 Å². The highest BCUT2D eigenvalue weighted by molar-refractivity contribution is 7.20. The molecule has 0 fully saturated rings. The van der Waals surface area contributed by atoms with Gasteiger partial charge in [-0.05, 0) is 24.3 Å². The first-order chi connectivity index (χ1) is 34.5. The number of nitrogens with zero attached hydrogens (tertiary/aromatic N) is 2. The zero-order chi connectivity index (χ0) is 57.6. The Hall–Kier alpha value is -7.14. The first kappa shape index (κ1) is 59.7. The van der Waals surface area contributed by atoms with Crippen molar-refractivity contribution in [2.75, 3.05) is 6.61 Å². The van der Waals surface area contributed by atoms with Gasteiger partial charge in [-0.1, -0.05) is 78.9 Å². The van der Waals surface area contributed by atoms with Gasteiger partial charge in [-0.3, -0.25) is 9.59 Å². The van der Waals surface area contributed by atoms with E-state index < -0.39 is 207 Å². The third-order valence-corrected chi connectivity index (χ3v) is 11.1. The van der Waals surface area contributed by atoms with Crippen molar-refractivity contribution in [1.29, 1.82) is 0 Å². The summed E-state index contributed by atoms with van der Waals surface area (Å²) < 4.78 is 342. The monoisotopic (exact) mass is 1120 g/mol. The lowest BCUT2D eigenvalue weighted by Gasteiger charge is -2.46. The number of hydrogen-bond acceptors (Lipinski definition) is 4. The van der Waals surface area contributed by atoms with Crippen LogP contribution >= 0.6 is 0 Å². The standard InChI is InChI=1S/C32H12BF24.C14H13N2O3/c34-25(35,36)13-1-14(26(37,38)39)6-21(5-13)33(22-7-15(27(40,41)42)2-16(8-22)28(43,44)45,23-9-17(29(46,47)48)3-18(10-23)30(49,50)51)24-11-19(31(52,53)54)4-20(12-24)32(55,56)57;17-10-14(19)12-8-16(7-6-15-12)9-13(18)11-4-2-1-3-5-11/h1-12H;1-8,17H,9-10H2/q-1;+1. The van der Waals surface area contributed by atoms with Crippen LogP contribution < -0.4 is 26.4 Å². The number of benzene rings is 5. The van der Waals surface area contributed by atoms with Crippen molar-refractivity contribution < 1.29 is 125 Å². The fourth-order valence-corrected chi connectivity index (χ4v) is 7.71. The topological polar surface area (TPSA) is 71.1 Å². The van der Waals surface area contributed by atoms with Gasteiger partial charge in [0, 0.05) is 5.56 Å². The van der Waals surface area contributed by atoms with Crippen LogP contribution in [-0.2, 0) is 56.0 Å². The molecule has 0 bridgehead atoms. The first-order valence-electron chi connectivity index (χ1n) is 20.4. The van der Waals surface area contributed by atoms with Crippen molar-refractivity contribution in [3.05, 3.63) is 177 Å². The molecule has 30 heteroatoms. The molecule has 1 aromatic heterocycles. The molecule has 0 saturated carbocycles. The Kier molecular flexibility index (Phi) is 16.3. The number of aliphatic hydroxyl groups excluding tert-OH is 1. The number of alkyl halides is 24. The minimum atomic E-state index is -6.13. The summed E-state index contributed by atoms with van der Waals surface area (Å²) in [5.74, 6) is -0.527. The van der Waals surface area contributed by atoms with Crippen LogP contribution in [0.3, 0.4) is 0 Å². The molecule has 0 atom stereocenters. The van der Waals surface area contributed by atoms with Crippen molar-refractivity contribution in [2.24, 2.45) is 0 Å². The van der Waals surface area contributed by atoms with Crippen LogP contribution in [0.1, 0.15) is 65.4 Å². The molecule has 0 aliphatic carbocycles. The Morgan fingerprint density at radius 3 is 0.908 bits per heavy atom. The molecular weight excluding hydrogens is 1100 g/mol. The fourth-order valence-electron chi connectivity index (χ4n) is 7.71. The average Bonchev–Trinajstić information content (AvgIpc) is 3.29. The number of carbonyl (C=O) groups excluding carboxylic acids is 2. The summed E-state index contributed by atoms with van der Waals surface area (Å²) in [5, 5.41) is 8.77. The van der Waals surface area contributed by atoms with Crippen LogP contribution in [0.25, 0.3) is 0 Å². The zero-order valence-corrected chi connectivity index (χ0v) is 36.8. The molecule has 1 N–H and O–H groups in total. The van der Waals surface area contributed by atoms with Crippen LogP contribution in [-0.4, -0.2) is 34.4 Å². The van der Waals surface area contributed by atoms with E-state index in [9.17, 15) is 115 Å².